The summed E-state index contributed by atoms with van der Waals surface area (Å²) in [5.74, 6) is 0.901. The van der Waals surface area contributed by atoms with Crippen LogP contribution in [-0.2, 0) is 18.7 Å². The summed E-state index contributed by atoms with van der Waals surface area (Å²) in [4.78, 5) is 12.6. The van der Waals surface area contributed by atoms with E-state index in [-0.39, 0.29) is 5.56 Å². The molecular weight excluding hydrogens is 278 g/mol. The summed E-state index contributed by atoms with van der Waals surface area (Å²) in [5, 5.41) is 0. The molecule has 0 N–H and O–H groups in total. The number of aromatic nitrogens is 1. The minimum absolute atomic E-state index is 0.0794. The zero-order valence-corrected chi connectivity index (χ0v) is 13.9. The van der Waals surface area contributed by atoms with Gasteiger partial charge in [-0.3, -0.25) is 4.79 Å². The first-order valence-electron chi connectivity index (χ1n) is 7.49. The average molecular weight is 301 g/mol. The smallest absolute Gasteiger partial charge is 0.255 e. The lowest BCUT2D eigenvalue weighted by molar-refractivity contribution is 0.513. The van der Waals surface area contributed by atoms with Crippen LogP contribution in [0.1, 0.15) is 31.9 Å². The molecule has 0 bridgehead atoms. The molecule has 2 rings (SSSR count). The van der Waals surface area contributed by atoms with Crippen molar-refractivity contribution in [2.75, 3.05) is 0 Å². The Morgan fingerprint density at radius 2 is 1.76 bits per heavy atom. The first kappa shape index (κ1) is 15.9. The lowest BCUT2D eigenvalue weighted by Gasteiger charge is -2.16. The van der Waals surface area contributed by atoms with Crippen LogP contribution in [0.3, 0.4) is 0 Å². The number of thiol groups is 1. The molecule has 1 aromatic heterocycles. The molecule has 2 aromatic rings. The molecule has 112 valence electrons. The number of pyridine rings is 1. The quantitative estimate of drug-likeness (QED) is 0.823. The molecule has 0 radical (unpaired) electrons. The Morgan fingerprint density at radius 3 is 2.29 bits per heavy atom. The van der Waals surface area contributed by atoms with Crippen molar-refractivity contribution in [3.05, 3.63) is 57.9 Å². The van der Waals surface area contributed by atoms with Crippen molar-refractivity contribution >= 4 is 12.6 Å². The Kier molecular flexibility index (Phi) is 5.29. The lowest BCUT2D eigenvalue weighted by atomic mass is 10.1. The Balaban J connectivity index is 2.55. The third-order valence-electron chi connectivity index (χ3n) is 3.63. The highest BCUT2D eigenvalue weighted by molar-refractivity contribution is 7.79. The molecule has 1 heterocycles. The maximum Gasteiger partial charge on any atom is 0.255 e. The topological polar surface area (TPSA) is 22.0 Å². The second-order valence-corrected chi connectivity index (χ2v) is 6.08. The molecule has 0 fully saturated rings. The molecule has 0 spiro atoms. The van der Waals surface area contributed by atoms with Gasteiger partial charge in [0.1, 0.15) is 0 Å². The fourth-order valence-corrected chi connectivity index (χ4v) is 2.69. The maximum absolute atomic E-state index is 12.6. The van der Waals surface area contributed by atoms with Crippen LogP contribution in [0.2, 0.25) is 0 Å². The number of rotatable bonds is 5. The van der Waals surface area contributed by atoms with E-state index in [1.807, 2.05) is 16.7 Å². The van der Waals surface area contributed by atoms with Gasteiger partial charge in [-0.15, -0.1) is 0 Å². The largest absolute Gasteiger partial charge is 0.308 e. The second-order valence-electron chi connectivity index (χ2n) is 5.76. The SMILES string of the molecule is CCc1ccc(-c2ccc(CS)c(=O)n2CC(C)C)cc1. The molecule has 0 aliphatic rings. The van der Waals surface area contributed by atoms with Crippen LogP contribution in [0.4, 0.5) is 0 Å². The molecule has 21 heavy (non-hydrogen) atoms. The number of benzene rings is 1. The van der Waals surface area contributed by atoms with Gasteiger partial charge in [0.2, 0.25) is 0 Å². The predicted molar refractivity (Wildman–Crippen MR) is 93.0 cm³/mol. The summed E-state index contributed by atoms with van der Waals surface area (Å²) in [5.41, 5.74) is 4.23. The molecule has 0 atom stereocenters. The molecule has 2 nitrogen and oxygen atoms in total. The molecule has 3 heteroatoms. The van der Waals surface area contributed by atoms with Gasteiger partial charge < -0.3 is 4.57 Å². The molecular formula is C18H23NOS. The Bertz CT molecular complexity index is 656. The van der Waals surface area contributed by atoms with E-state index in [1.165, 1.54) is 5.56 Å². The first-order valence-corrected chi connectivity index (χ1v) is 8.13. The highest BCUT2D eigenvalue weighted by Crippen LogP contribution is 2.20. The van der Waals surface area contributed by atoms with Crippen LogP contribution >= 0.6 is 12.6 Å². The predicted octanol–water partition coefficient (Wildman–Crippen LogP) is 4.16. The molecule has 0 amide bonds. The van der Waals surface area contributed by atoms with Crippen LogP contribution in [0.15, 0.2) is 41.2 Å². The third-order valence-corrected chi connectivity index (χ3v) is 3.97. The van der Waals surface area contributed by atoms with E-state index in [4.69, 9.17) is 0 Å². The molecule has 0 saturated carbocycles. The van der Waals surface area contributed by atoms with Crippen LogP contribution < -0.4 is 5.56 Å². The zero-order chi connectivity index (χ0) is 15.4. The van der Waals surface area contributed by atoms with Crippen LogP contribution in [0.5, 0.6) is 0 Å². The van der Waals surface area contributed by atoms with Gasteiger partial charge in [-0.05, 0) is 29.5 Å². The van der Waals surface area contributed by atoms with E-state index in [1.54, 1.807) is 0 Å². The highest BCUT2D eigenvalue weighted by atomic mass is 32.1. The molecule has 0 unspecified atom stereocenters. The van der Waals surface area contributed by atoms with E-state index in [0.29, 0.717) is 11.7 Å². The molecule has 1 aromatic carbocycles. The Labute approximate surface area is 132 Å². The van der Waals surface area contributed by atoms with Gasteiger partial charge in [-0.1, -0.05) is 51.1 Å². The first-order chi connectivity index (χ1) is 10.1. The van der Waals surface area contributed by atoms with Crippen molar-refractivity contribution in [1.29, 1.82) is 0 Å². The summed E-state index contributed by atoms with van der Waals surface area (Å²) >= 11 is 4.25. The van der Waals surface area contributed by atoms with Crippen molar-refractivity contribution in [2.24, 2.45) is 5.92 Å². The van der Waals surface area contributed by atoms with Gasteiger partial charge >= 0.3 is 0 Å². The second kappa shape index (κ2) is 6.99. The average Bonchev–Trinajstić information content (AvgIpc) is 2.49. The molecule has 0 aliphatic heterocycles. The van der Waals surface area contributed by atoms with E-state index in [2.05, 4.69) is 57.7 Å². The van der Waals surface area contributed by atoms with Gasteiger partial charge in [-0.2, -0.15) is 12.6 Å². The van der Waals surface area contributed by atoms with Crippen molar-refractivity contribution in [1.82, 2.24) is 4.57 Å². The van der Waals surface area contributed by atoms with Crippen molar-refractivity contribution in [3.63, 3.8) is 0 Å². The Morgan fingerprint density at radius 1 is 1.10 bits per heavy atom. The summed E-state index contributed by atoms with van der Waals surface area (Å²) in [7, 11) is 0. The van der Waals surface area contributed by atoms with E-state index in [0.717, 1.165) is 29.8 Å². The standard InChI is InChI=1S/C18H23NOS/c1-4-14-5-7-15(8-6-14)17-10-9-16(12-21)18(20)19(17)11-13(2)3/h5-10,13,21H,4,11-12H2,1-3H3. The number of hydrogen-bond donors (Lipinski definition) is 1. The van der Waals surface area contributed by atoms with Gasteiger partial charge in [0.15, 0.2) is 0 Å². The molecule has 0 saturated heterocycles. The summed E-state index contributed by atoms with van der Waals surface area (Å²) in [6, 6.07) is 12.4. The maximum atomic E-state index is 12.6. The number of aryl methyl sites for hydroxylation is 1. The summed E-state index contributed by atoms with van der Waals surface area (Å²) < 4.78 is 1.89. The van der Waals surface area contributed by atoms with Crippen LogP contribution in [0, 0.1) is 5.92 Å². The highest BCUT2D eigenvalue weighted by Gasteiger charge is 2.11. The van der Waals surface area contributed by atoms with Gasteiger partial charge in [-0.25, -0.2) is 0 Å². The van der Waals surface area contributed by atoms with E-state index in [9.17, 15) is 4.79 Å². The normalized spacial score (nSPS) is 11.1. The van der Waals surface area contributed by atoms with Crippen LogP contribution in [-0.4, -0.2) is 4.57 Å². The lowest BCUT2D eigenvalue weighted by Crippen LogP contribution is -2.26. The zero-order valence-electron chi connectivity index (χ0n) is 13.0. The van der Waals surface area contributed by atoms with E-state index >= 15 is 0 Å². The van der Waals surface area contributed by atoms with E-state index < -0.39 is 0 Å². The minimum Gasteiger partial charge on any atom is -0.308 e. The Hall–Kier alpha value is -1.48. The van der Waals surface area contributed by atoms with Gasteiger partial charge in [0.25, 0.3) is 5.56 Å². The fraction of sp³-hybridized carbons (Fsp3) is 0.389. The minimum atomic E-state index is 0.0794. The monoisotopic (exact) mass is 301 g/mol. The summed E-state index contributed by atoms with van der Waals surface area (Å²) in [6.45, 7) is 7.13. The number of nitrogens with zero attached hydrogens (tertiary/aromatic N) is 1. The third kappa shape index (κ3) is 3.59. The van der Waals surface area contributed by atoms with Crippen molar-refractivity contribution in [2.45, 2.75) is 39.5 Å². The van der Waals surface area contributed by atoms with Crippen molar-refractivity contribution < 1.29 is 0 Å². The van der Waals surface area contributed by atoms with Gasteiger partial charge in [0.05, 0.1) is 5.69 Å². The fourth-order valence-electron chi connectivity index (χ4n) is 2.45. The van der Waals surface area contributed by atoms with Gasteiger partial charge in [0, 0.05) is 17.9 Å². The van der Waals surface area contributed by atoms with Crippen LogP contribution in [0.25, 0.3) is 11.3 Å². The van der Waals surface area contributed by atoms with Crippen molar-refractivity contribution in [3.8, 4) is 11.3 Å². The molecule has 0 aliphatic carbocycles. The number of hydrogen-bond acceptors (Lipinski definition) is 2. The summed E-state index contributed by atoms with van der Waals surface area (Å²) in [6.07, 6.45) is 1.03.